The summed E-state index contributed by atoms with van der Waals surface area (Å²) in [6.45, 7) is 3.15. The van der Waals surface area contributed by atoms with Crippen molar-refractivity contribution in [2.24, 2.45) is 5.73 Å². The predicted molar refractivity (Wildman–Crippen MR) is 54.9 cm³/mol. The molecule has 7 heteroatoms. The van der Waals surface area contributed by atoms with Gasteiger partial charge in [0.25, 0.3) is 0 Å². The molecule has 0 aliphatic heterocycles. The Labute approximate surface area is 116 Å². The first kappa shape index (κ1) is 17.8. The number of nitrogens with two attached hydrogens (primary N) is 1. The first-order valence-corrected chi connectivity index (χ1v) is 4.71. The van der Waals surface area contributed by atoms with E-state index in [-0.39, 0.29) is 51.7 Å². The van der Waals surface area contributed by atoms with Gasteiger partial charge in [-0.1, -0.05) is 0 Å². The molecule has 87 valence electrons. The SMILES string of the molecule is [NH-]CCNC(=O)CNCCOCCN.[Y]. The molecular weight excluding hydrogens is 273 g/mol. The molecule has 0 bridgehead atoms. The Morgan fingerprint density at radius 3 is 2.67 bits per heavy atom. The third kappa shape index (κ3) is 14.4. The van der Waals surface area contributed by atoms with Crippen LogP contribution in [0.5, 0.6) is 0 Å². The maximum Gasteiger partial charge on any atom is 0.233 e. The van der Waals surface area contributed by atoms with E-state index in [1.807, 2.05) is 0 Å². The number of amides is 1. The minimum absolute atomic E-state index is 0. The van der Waals surface area contributed by atoms with Gasteiger partial charge in [0.15, 0.2) is 0 Å². The second kappa shape index (κ2) is 14.4. The number of ether oxygens (including phenoxy) is 1. The van der Waals surface area contributed by atoms with Crippen molar-refractivity contribution in [1.82, 2.24) is 10.6 Å². The van der Waals surface area contributed by atoms with E-state index in [1.165, 1.54) is 0 Å². The van der Waals surface area contributed by atoms with Gasteiger partial charge in [-0.15, -0.1) is 6.54 Å². The van der Waals surface area contributed by atoms with Crippen LogP contribution in [0.25, 0.3) is 5.73 Å². The fraction of sp³-hybridized carbons (Fsp3) is 0.875. The number of hydrogen-bond donors (Lipinski definition) is 3. The molecule has 0 unspecified atom stereocenters. The topological polar surface area (TPSA) is 100 Å². The summed E-state index contributed by atoms with van der Waals surface area (Å²) in [7, 11) is 0. The quantitative estimate of drug-likeness (QED) is 0.461. The normalized spacial score (nSPS) is 9.47. The smallest absolute Gasteiger partial charge is 0.233 e. The van der Waals surface area contributed by atoms with Gasteiger partial charge in [-0.05, 0) is 6.54 Å². The molecule has 0 aromatic rings. The number of hydrogen-bond acceptors (Lipinski definition) is 4. The second-order valence-electron chi connectivity index (χ2n) is 2.68. The molecule has 0 atom stereocenters. The van der Waals surface area contributed by atoms with Crippen molar-refractivity contribution < 1.29 is 42.2 Å². The summed E-state index contributed by atoms with van der Waals surface area (Å²) in [4.78, 5) is 11.0. The molecule has 1 amide bonds. The summed E-state index contributed by atoms with van der Waals surface area (Å²) >= 11 is 0. The van der Waals surface area contributed by atoms with E-state index in [0.29, 0.717) is 32.8 Å². The Morgan fingerprint density at radius 2 is 2.07 bits per heavy atom. The third-order valence-electron chi connectivity index (χ3n) is 1.42. The van der Waals surface area contributed by atoms with E-state index < -0.39 is 0 Å². The van der Waals surface area contributed by atoms with Gasteiger partial charge in [-0.25, -0.2) is 0 Å². The maximum absolute atomic E-state index is 11.0. The number of carbonyl (C=O) groups excluding carboxylic acids is 1. The number of carbonyl (C=O) groups is 1. The van der Waals surface area contributed by atoms with Crippen LogP contribution in [0.4, 0.5) is 0 Å². The minimum Gasteiger partial charge on any atom is -0.676 e. The molecule has 0 aromatic heterocycles. The Kier molecular flexibility index (Phi) is 17.1. The van der Waals surface area contributed by atoms with Crippen LogP contribution in [-0.4, -0.2) is 51.8 Å². The van der Waals surface area contributed by atoms with E-state index in [9.17, 15) is 4.79 Å². The molecule has 0 rings (SSSR count). The summed E-state index contributed by atoms with van der Waals surface area (Å²) < 4.78 is 5.10. The summed E-state index contributed by atoms with van der Waals surface area (Å²) in [6.07, 6.45) is 0. The average Bonchev–Trinajstić information content (AvgIpc) is 2.20. The van der Waals surface area contributed by atoms with Gasteiger partial charge in [0, 0.05) is 45.8 Å². The average molecular weight is 292 g/mol. The zero-order valence-electron chi connectivity index (χ0n) is 8.92. The van der Waals surface area contributed by atoms with Crippen LogP contribution in [0.2, 0.25) is 0 Å². The molecule has 0 aromatic carbocycles. The van der Waals surface area contributed by atoms with Crippen molar-refractivity contribution in [3.63, 3.8) is 0 Å². The van der Waals surface area contributed by atoms with Crippen molar-refractivity contribution in [1.29, 1.82) is 0 Å². The molecule has 0 heterocycles. The van der Waals surface area contributed by atoms with Gasteiger partial charge in [-0.3, -0.25) is 4.79 Å². The molecular formula is C8H19N4O2Y-. The Morgan fingerprint density at radius 1 is 1.33 bits per heavy atom. The Bertz CT molecular complexity index is 149. The van der Waals surface area contributed by atoms with Gasteiger partial charge >= 0.3 is 0 Å². The molecule has 0 aliphatic rings. The zero-order chi connectivity index (χ0) is 10.6. The molecule has 0 saturated heterocycles. The first-order valence-electron chi connectivity index (χ1n) is 4.71. The van der Waals surface area contributed by atoms with Gasteiger partial charge in [0.1, 0.15) is 0 Å². The predicted octanol–water partition coefficient (Wildman–Crippen LogP) is -1.28. The standard InChI is InChI=1S/C8H19N4O2.Y/c9-1-3-12-8(13)7-11-4-6-14-5-2-10;/h9,11H,1-7,10H2,(H,12,13);/q-1;. The van der Waals surface area contributed by atoms with Crippen LogP contribution in [0.3, 0.4) is 0 Å². The maximum atomic E-state index is 11.0. The molecule has 0 saturated carbocycles. The van der Waals surface area contributed by atoms with E-state index in [2.05, 4.69) is 10.6 Å². The summed E-state index contributed by atoms with van der Waals surface area (Å²) in [5.41, 5.74) is 12.0. The summed E-state index contributed by atoms with van der Waals surface area (Å²) in [6, 6.07) is 0. The van der Waals surface area contributed by atoms with Crippen LogP contribution < -0.4 is 16.4 Å². The van der Waals surface area contributed by atoms with Crippen molar-refractivity contribution in [3.05, 3.63) is 5.73 Å². The molecule has 0 spiro atoms. The Balaban J connectivity index is 0. The van der Waals surface area contributed by atoms with Gasteiger partial charge in [0.05, 0.1) is 19.8 Å². The van der Waals surface area contributed by atoms with Crippen LogP contribution in [0.15, 0.2) is 0 Å². The molecule has 15 heavy (non-hydrogen) atoms. The summed E-state index contributed by atoms with van der Waals surface area (Å²) in [5.74, 6) is -0.0870. The largest absolute Gasteiger partial charge is 0.676 e. The van der Waals surface area contributed by atoms with Crippen molar-refractivity contribution in [3.8, 4) is 0 Å². The van der Waals surface area contributed by atoms with E-state index >= 15 is 0 Å². The van der Waals surface area contributed by atoms with Crippen LogP contribution in [0, 0.1) is 0 Å². The van der Waals surface area contributed by atoms with E-state index in [0.717, 1.165) is 0 Å². The second-order valence-corrected chi connectivity index (χ2v) is 2.68. The van der Waals surface area contributed by atoms with Crippen molar-refractivity contribution in [2.45, 2.75) is 0 Å². The molecule has 6 nitrogen and oxygen atoms in total. The van der Waals surface area contributed by atoms with Crippen LogP contribution in [-0.2, 0) is 42.2 Å². The molecule has 5 N–H and O–H groups in total. The van der Waals surface area contributed by atoms with Gasteiger partial charge < -0.3 is 26.8 Å². The number of rotatable bonds is 9. The van der Waals surface area contributed by atoms with E-state index in [1.54, 1.807) is 0 Å². The fourth-order valence-electron chi connectivity index (χ4n) is 0.796. The van der Waals surface area contributed by atoms with Crippen molar-refractivity contribution in [2.75, 3.05) is 45.9 Å². The molecule has 1 radical (unpaired) electrons. The summed E-state index contributed by atoms with van der Waals surface area (Å²) in [5, 5.41) is 5.50. The molecule has 0 fully saturated rings. The first-order chi connectivity index (χ1) is 6.81. The fourth-order valence-corrected chi connectivity index (χ4v) is 0.796. The minimum atomic E-state index is -0.0870. The van der Waals surface area contributed by atoms with Gasteiger partial charge in [-0.2, -0.15) is 0 Å². The van der Waals surface area contributed by atoms with Crippen LogP contribution in [0.1, 0.15) is 0 Å². The monoisotopic (exact) mass is 292 g/mol. The number of nitrogens with one attached hydrogen (secondary N) is 3. The van der Waals surface area contributed by atoms with E-state index in [4.69, 9.17) is 16.2 Å². The van der Waals surface area contributed by atoms with Crippen LogP contribution >= 0.6 is 0 Å². The third-order valence-corrected chi connectivity index (χ3v) is 1.42. The Hall–Kier alpha value is 0.414. The molecule has 0 aliphatic carbocycles. The zero-order valence-corrected chi connectivity index (χ0v) is 11.8. The van der Waals surface area contributed by atoms with Gasteiger partial charge in [0.2, 0.25) is 5.91 Å². The van der Waals surface area contributed by atoms with Crippen molar-refractivity contribution >= 4 is 5.91 Å².